The van der Waals surface area contributed by atoms with Crippen LogP contribution in [0, 0.1) is 0 Å². The molecule has 2 rings (SSSR count). The highest BCUT2D eigenvalue weighted by Gasteiger charge is 2.51. The van der Waals surface area contributed by atoms with Gasteiger partial charge in [-0.05, 0) is 12.8 Å². The molecular weight excluding hydrogens is 859 g/mol. The number of unbranched alkanes of at least 4 members (excludes halogenated alkanes) is 31. The first-order chi connectivity index (χ1) is 32.6. The standard InChI is InChI=1S/C53H103NO13/c1-3-5-6-7-8-9-10-11-12-13-14-15-16-17-18-19-20-21-22-23-24-25-26-27-28-29-30-31-32-33-34-35-37-42(57)41(54-45(58)36-4-2)40-64-52-50(63)48(61)51(44(39-56)66-52)67-53-49(62)47(60)46(59)43(38-55)65-53/h41-44,46-53,55-57,59-63H,3-40H2,1-2H3,(H,54,58). The molecule has 0 radical (unpaired) electrons. The molecule has 2 saturated heterocycles. The average molecular weight is 962 g/mol. The van der Waals surface area contributed by atoms with E-state index in [0.717, 1.165) is 25.7 Å². The van der Waals surface area contributed by atoms with E-state index in [1.807, 2.05) is 6.92 Å². The lowest BCUT2D eigenvalue weighted by Crippen LogP contribution is -2.65. The molecule has 398 valence electrons. The highest BCUT2D eigenvalue weighted by atomic mass is 16.7. The van der Waals surface area contributed by atoms with Crippen molar-refractivity contribution < 1.29 is 64.6 Å². The number of rotatable bonds is 44. The summed E-state index contributed by atoms with van der Waals surface area (Å²) in [6.45, 7) is 2.51. The van der Waals surface area contributed by atoms with Crippen molar-refractivity contribution in [2.45, 2.75) is 312 Å². The number of nitrogens with one attached hydrogen (secondary N) is 1. The Kier molecular flexibility index (Phi) is 37.6. The molecule has 67 heavy (non-hydrogen) atoms. The van der Waals surface area contributed by atoms with Crippen LogP contribution in [0.3, 0.4) is 0 Å². The second-order valence-electron chi connectivity index (χ2n) is 20.1. The summed E-state index contributed by atoms with van der Waals surface area (Å²) in [6, 6.07) is -0.818. The van der Waals surface area contributed by atoms with Gasteiger partial charge in [0.05, 0.1) is 32.0 Å². The minimum atomic E-state index is -1.78. The molecule has 2 aliphatic rings. The Hall–Kier alpha value is -1.01. The number of hydrogen-bond donors (Lipinski definition) is 9. The first-order valence-corrected chi connectivity index (χ1v) is 27.8. The molecule has 0 saturated carbocycles. The predicted octanol–water partition coefficient (Wildman–Crippen LogP) is 8.17. The number of carbonyl (C=O) groups is 1. The van der Waals surface area contributed by atoms with Crippen molar-refractivity contribution in [2.24, 2.45) is 0 Å². The van der Waals surface area contributed by atoms with E-state index in [9.17, 15) is 45.6 Å². The van der Waals surface area contributed by atoms with Gasteiger partial charge in [0.25, 0.3) is 0 Å². The fourth-order valence-electron chi connectivity index (χ4n) is 9.58. The lowest BCUT2D eigenvalue weighted by atomic mass is 9.97. The Labute approximate surface area is 406 Å². The third-order valence-electron chi connectivity index (χ3n) is 14.0. The molecule has 12 atom stereocenters. The molecule has 12 unspecified atom stereocenters. The third kappa shape index (κ3) is 27.4. The van der Waals surface area contributed by atoms with Crippen LogP contribution in [0.5, 0.6) is 0 Å². The maximum Gasteiger partial charge on any atom is 0.220 e. The number of carbonyl (C=O) groups excluding carboxylic acids is 1. The second-order valence-corrected chi connectivity index (χ2v) is 20.1. The molecule has 0 aromatic rings. The van der Waals surface area contributed by atoms with Crippen LogP contribution < -0.4 is 5.32 Å². The Morgan fingerprint density at radius 3 is 1.24 bits per heavy atom. The second kappa shape index (κ2) is 40.6. The third-order valence-corrected chi connectivity index (χ3v) is 14.0. The van der Waals surface area contributed by atoms with Gasteiger partial charge in [0.15, 0.2) is 12.6 Å². The molecule has 0 spiro atoms. The summed E-state index contributed by atoms with van der Waals surface area (Å²) in [4.78, 5) is 12.6. The first kappa shape index (κ1) is 62.1. The lowest BCUT2D eigenvalue weighted by molar-refractivity contribution is -0.359. The highest BCUT2D eigenvalue weighted by molar-refractivity contribution is 5.76. The van der Waals surface area contributed by atoms with E-state index < -0.39 is 86.8 Å². The van der Waals surface area contributed by atoms with Gasteiger partial charge in [-0.15, -0.1) is 0 Å². The average Bonchev–Trinajstić information content (AvgIpc) is 3.32. The Morgan fingerprint density at radius 2 is 0.851 bits per heavy atom. The molecule has 1 amide bonds. The first-order valence-electron chi connectivity index (χ1n) is 27.8. The Morgan fingerprint density at radius 1 is 0.478 bits per heavy atom. The monoisotopic (exact) mass is 962 g/mol. The summed E-state index contributed by atoms with van der Waals surface area (Å²) in [6.07, 6.45) is 27.7. The van der Waals surface area contributed by atoms with Gasteiger partial charge in [-0.25, -0.2) is 0 Å². The van der Waals surface area contributed by atoms with Crippen LogP contribution in [0.1, 0.15) is 239 Å². The van der Waals surface area contributed by atoms with Crippen LogP contribution in [0.4, 0.5) is 0 Å². The SMILES string of the molecule is CCCCCCCCCCCCCCCCCCCCCCCCCCCCCCCCCCC(O)C(COC1OC(CO)C(OC2OC(CO)C(O)C(O)C2O)C(O)C1O)NC(=O)CCC. The van der Waals surface area contributed by atoms with Crippen molar-refractivity contribution in [3.05, 3.63) is 0 Å². The topological polar surface area (TPSA) is 228 Å². The van der Waals surface area contributed by atoms with Crippen LogP contribution in [0.15, 0.2) is 0 Å². The minimum absolute atomic E-state index is 0.249. The molecule has 0 aliphatic carbocycles. The molecule has 2 heterocycles. The summed E-state index contributed by atoms with van der Waals surface area (Å²) >= 11 is 0. The number of aliphatic hydroxyl groups is 8. The van der Waals surface area contributed by atoms with Crippen molar-refractivity contribution in [3.63, 3.8) is 0 Å². The van der Waals surface area contributed by atoms with E-state index in [2.05, 4.69) is 12.2 Å². The number of aliphatic hydroxyl groups excluding tert-OH is 8. The van der Waals surface area contributed by atoms with Crippen LogP contribution in [0.25, 0.3) is 0 Å². The van der Waals surface area contributed by atoms with Gasteiger partial charge in [-0.1, -0.05) is 219 Å². The van der Waals surface area contributed by atoms with Crippen molar-refractivity contribution >= 4 is 5.91 Å². The fraction of sp³-hybridized carbons (Fsp3) is 0.981. The zero-order chi connectivity index (χ0) is 48.9. The summed E-state index contributed by atoms with van der Waals surface area (Å²) < 4.78 is 22.5. The summed E-state index contributed by atoms with van der Waals surface area (Å²) in [7, 11) is 0. The van der Waals surface area contributed by atoms with Gasteiger partial charge in [0.1, 0.15) is 48.8 Å². The van der Waals surface area contributed by atoms with Crippen LogP contribution in [-0.4, -0.2) is 140 Å². The van der Waals surface area contributed by atoms with Crippen molar-refractivity contribution in [1.82, 2.24) is 5.32 Å². The minimum Gasteiger partial charge on any atom is -0.394 e. The maximum atomic E-state index is 12.6. The summed E-state index contributed by atoms with van der Waals surface area (Å²) in [5.74, 6) is -0.257. The van der Waals surface area contributed by atoms with E-state index in [1.54, 1.807) is 0 Å². The fourth-order valence-corrected chi connectivity index (χ4v) is 9.58. The van der Waals surface area contributed by atoms with Crippen LogP contribution >= 0.6 is 0 Å². The van der Waals surface area contributed by atoms with Gasteiger partial charge in [0, 0.05) is 6.42 Å². The van der Waals surface area contributed by atoms with Crippen LogP contribution in [-0.2, 0) is 23.7 Å². The smallest absolute Gasteiger partial charge is 0.220 e. The highest BCUT2D eigenvalue weighted by Crippen LogP contribution is 2.30. The maximum absolute atomic E-state index is 12.6. The van der Waals surface area contributed by atoms with E-state index in [-0.39, 0.29) is 18.9 Å². The van der Waals surface area contributed by atoms with Gasteiger partial charge < -0.3 is 65.1 Å². The predicted molar refractivity (Wildman–Crippen MR) is 263 cm³/mol. The van der Waals surface area contributed by atoms with Crippen LogP contribution in [0.2, 0.25) is 0 Å². The molecule has 2 fully saturated rings. The molecule has 0 bridgehead atoms. The van der Waals surface area contributed by atoms with E-state index in [1.165, 1.54) is 180 Å². The van der Waals surface area contributed by atoms with Gasteiger partial charge >= 0.3 is 0 Å². The Balaban J connectivity index is 1.47. The summed E-state index contributed by atoms with van der Waals surface area (Å²) in [5.41, 5.74) is 0. The van der Waals surface area contributed by atoms with Gasteiger partial charge in [-0.3, -0.25) is 4.79 Å². The van der Waals surface area contributed by atoms with Gasteiger partial charge in [0.2, 0.25) is 5.91 Å². The number of hydrogen-bond acceptors (Lipinski definition) is 13. The molecule has 9 N–H and O–H groups in total. The molecule has 14 nitrogen and oxygen atoms in total. The normalized spacial score (nSPS) is 26.5. The molecule has 14 heteroatoms. The van der Waals surface area contributed by atoms with E-state index in [0.29, 0.717) is 12.8 Å². The van der Waals surface area contributed by atoms with Crippen molar-refractivity contribution in [1.29, 1.82) is 0 Å². The zero-order valence-electron chi connectivity index (χ0n) is 42.4. The summed E-state index contributed by atoms with van der Waals surface area (Å²) in [5, 5.41) is 86.0. The van der Waals surface area contributed by atoms with E-state index >= 15 is 0 Å². The number of amides is 1. The largest absolute Gasteiger partial charge is 0.394 e. The van der Waals surface area contributed by atoms with Crippen molar-refractivity contribution in [3.8, 4) is 0 Å². The van der Waals surface area contributed by atoms with E-state index in [4.69, 9.17) is 18.9 Å². The van der Waals surface area contributed by atoms with Gasteiger partial charge in [-0.2, -0.15) is 0 Å². The molecule has 2 aliphatic heterocycles. The lowest BCUT2D eigenvalue weighted by Gasteiger charge is -2.46. The van der Waals surface area contributed by atoms with Crippen molar-refractivity contribution in [2.75, 3.05) is 19.8 Å². The zero-order valence-corrected chi connectivity index (χ0v) is 42.4. The Bertz CT molecular complexity index is 1140. The number of ether oxygens (including phenoxy) is 4. The molecule has 0 aromatic heterocycles. The quantitative estimate of drug-likeness (QED) is 0.0263. The molecule has 0 aromatic carbocycles. The molecular formula is C53H103NO13.